The van der Waals surface area contributed by atoms with Crippen molar-refractivity contribution < 1.29 is 0 Å². The summed E-state index contributed by atoms with van der Waals surface area (Å²) in [5, 5.41) is 0. The molecule has 0 atom stereocenters. The van der Waals surface area contributed by atoms with Gasteiger partial charge >= 0.3 is 5.69 Å². The molecule has 0 spiro atoms. The second kappa shape index (κ2) is 10.9. The molecule has 0 unspecified atom stereocenters. The van der Waals surface area contributed by atoms with Gasteiger partial charge in [0, 0.05) is 13.1 Å². The van der Waals surface area contributed by atoms with Gasteiger partial charge in [0.2, 0.25) is 0 Å². The van der Waals surface area contributed by atoms with Crippen LogP contribution in [-0.4, -0.2) is 9.13 Å². The lowest BCUT2D eigenvalue weighted by Crippen LogP contribution is -2.42. The first-order valence-electron chi connectivity index (χ1n) is 9.43. The van der Waals surface area contributed by atoms with Gasteiger partial charge in [0.05, 0.1) is 0 Å². The molecule has 138 valence electrons. The number of rotatable bonds is 12. The Labute approximate surface area is 144 Å². The molecule has 0 fully saturated rings. The van der Waals surface area contributed by atoms with Gasteiger partial charge in [-0.2, -0.15) is 0 Å². The van der Waals surface area contributed by atoms with E-state index in [1.807, 2.05) is 0 Å². The summed E-state index contributed by atoms with van der Waals surface area (Å²) in [5.41, 5.74) is 11.0. The van der Waals surface area contributed by atoms with Crippen molar-refractivity contribution in [2.24, 2.45) is 0 Å². The number of anilines is 2. The third-order valence-corrected chi connectivity index (χ3v) is 4.47. The molecular weight excluding hydrogens is 304 g/mol. The highest BCUT2D eigenvalue weighted by Crippen LogP contribution is 2.10. The first kappa shape index (κ1) is 20.3. The van der Waals surface area contributed by atoms with Crippen LogP contribution < -0.4 is 22.7 Å². The number of nitrogens with zero attached hydrogens (tertiary/aromatic N) is 2. The van der Waals surface area contributed by atoms with Crippen LogP contribution in [0.1, 0.15) is 78.1 Å². The Morgan fingerprint density at radius 2 is 1.17 bits per heavy atom. The van der Waals surface area contributed by atoms with E-state index < -0.39 is 5.56 Å². The van der Waals surface area contributed by atoms with Crippen molar-refractivity contribution in [1.82, 2.24) is 9.13 Å². The monoisotopic (exact) mass is 338 g/mol. The summed E-state index contributed by atoms with van der Waals surface area (Å²) in [6, 6.07) is 0. The first-order chi connectivity index (χ1) is 11.5. The van der Waals surface area contributed by atoms with Crippen LogP contribution in [0.25, 0.3) is 0 Å². The predicted octanol–water partition coefficient (Wildman–Crippen LogP) is 3.12. The van der Waals surface area contributed by atoms with Gasteiger partial charge in [0.1, 0.15) is 11.5 Å². The first-order valence-corrected chi connectivity index (χ1v) is 9.43. The molecule has 0 aliphatic rings. The summed E-state index contributed by atoms with van der Waals surface area (Å²) < 4.78 is 2.72. The van der Waals surface area contributed by atoms with Crippen LogP contribution in [0.4, 0.5) is 11.5 Å². The molecule has 1 rings (SSSR count). The Morgan fingerprint density at radius 1 is 0.708 bits per heavy atom. The third kappa shape index (κ3) is 5.73. The Balaban J connectivity index is 2.80. The van der Waals surface area contributed by atoms with Crippen molar-refractivity contribution in [2.45, 2.75) is 91.1 Å². The second-order valence-electron chi connectivity index (χ2n) is 6.52. The Morgan fingerprint density at radius 3 is 1.67 bits per heavy atom. The molecule has 0 aromatic carbocycles. The minimum absolute atomic E-state index is 0.00304. The zero-order valence-corrected chi connectivity index (χ0v) is 15.4. The minimum atomic E-state index is -0.449. The summed E-state index contributed by atoms with van der Waals surface area (Å²) >= 11 is 0. The fourth-order valence-corrected chi connectivity index (χ4v) is 2.90. The zero-order chi connectivity index (χ0) is 17.9. The van der Waals surface area contributed by atoms with E-state index >= 15 is 0 Å². The predicted molar refractivity (Wildman–Crippen MR) is 101 cm³/mol. The molecule has 1 aromatic rings. The molecule has 0 bridgehead atoms. The molecule has 0 amide bonds. The number of nitrogens with two attached hydrogens (primary N) is 2. The van der Waals surface area contributed by atoms with Gasteiger partial charge in [0.25, 0.3) is 5.56 Å². The van der Waals surface area contributed by atoms with E-state index in [0.717, 1.165) is 38.5 Å². The summed E-state index contributed by atoms with van der Waals surface area (Å²) in [5.74, 6) is 0.114. The molecule has 1 heterocycles. The van der Waals surface area contributed by atoms with E-state index in [1.54, 1.807) is 0 Å². The van der Waals surface area contributed by atoms with Gasteiger partial charge < -0.3 is 11.5 Å². The molecule has 0 saturated carbocycles. The van der Waals surface area contributed by atoms with E-state index in [-0.39, 0.29) is 17.2 Å². The largest absolute Gasteiger partial charge is 0.391 e. The molecule has 1 aromatic heterocycles. The molecular formula is C18H34N4O2. The summed E-state index contributed by atoms with van der Waals surface area (Å²) in [6.07, 6.45) is 10.8. The number of nitrogen functional groups attached to an aromatic ring is 2. The third-order valence-electron chi connectivity index (χ3n) is 4.47. The van der Waals surface area contributed by atoms with Crippen LogP contribution >= 0.6 is 0 Å². The smallest absolute Gasteiger partial charge is 0.332 e. The maximum absolute atomic E-state index is 12.6. The van der Waals surface area contributed by atoms with E-state index in [1.165, 1.54) is 34.8 Å². The van der Waals surface area contributed by atoms with E-state index in [9.17, 15) is 9.59 Å². The van der Waals surface area contributed by atoms with Crippen LogP contribution in [0.2, 0.25) is 0 Å². The Kier molecular flexibility index (Phi) is 9.27. The van der Waals surface area contributed by atoms with Crippen molar-refractivity contribution in [1.29, 1.82) is 0 Å². The van der Waals surface area contributed by atoms with Gasteiger partial charge in [0.15, 0.2) is 0 Å². The van der Waals surface area contributed by atoms with Crippen molar-refractivity contribution in [2.75, 3.05) is 11.5 Å². The van der Waals surface area contributed by atoms with E-state index in [4.69, 9.17) is 11.5 Å². The lowest BCUT2D eigenvalue weighted by molar-refractivity contribution is 0.498. The quantitative estimate of drug-likeness (QED) is 0.572. The highest BCUT2D eigenvalue weighted by Gasteiger charge is 2.14. The summed E-state index contributed by atoms with van der Waals surface area (Å²) in [7, 11) is 0. The SMILES string of the molecule is CCCCCCCn1c(N)c(N)c(=O)n(CCCCCCC)c1=O. The topological polar surface area (TPSA) is 96.0 Å². The molecule has 0 radical (unpaired) electrons. The standard InChI is InChI=1S/C18H34N4O2/c1-3-5-7-9-11-13-21-16(20)15(19)17(23)22(18(21)24)14-12-10-8-6-4-2/h3-14,19-20H2,1-2H3. The second-order valence-corrected chi connectivity index (χ2v) is 6.52. The molecule has 0 saturated heterocycles. The zero-order valence-electron chi connectivity index (χ0n) is 15.4. The van der Waals surface area contributed by atoms with Gasteiger partial charge in [-0.1, -0.05) is 65.2 Å². The number of hydrogen-bond donors (Lipinski definition) is 2. The van der Waals surface area contributed by atoms with Crippen LogP contribution in [0.5, 0.6) is 0 Å². The van der Waals surface area contributed by atoms with Gasteiger partial charge in [-0.15, -0.1) is 0 Å². The van der Waals surface area contributed by atoms with Gasteiger partial charge in [-0.3, -0.25) is 13.9 Å². The van der Waals surface area contributed by atoms with Crippen LogP contribution in [0, 0.1) is 0 Å². The highest BCUT2D eigenvalue weighted by molar-refractivity contribution is 5.56. The fraction of sp³-hybridized carbons (Fsp3) is 0.778. The maximum atomic E-state index is 12.6. The highest BCUT2D eigenvalue weighted by atomic mass is 16.2. The molecule has 6 nitrogen and oxygen atoms in total. The maximum Gasteiger partial charge on any atom is 0.332 e. The van der Waals surface area contributed by atoms with Crippen LogP contribution in [0.3, 0.4) is 0 Å². The summed E-state index contributed by atoms with van der Waals surface area (Å²) in [4.78, 5) is 24.8. The van der Waals surface area contributed by atoms with E-state index in [2.05, 4.69) is 13.8 Å². The average Bonchev–Trinajstić information content (AvgIpc) is 2.58. The molecule has 4 N–H and O–H groups in total. The normalized spacial score (nSPS) is 11.1. The van der Waals surface area contributed by atoms with Gasteiger partial charge in [-0.05, 0) is 12.8 Å². The lowest BCUT2D eigenvalue weighted by atomic mass is 10.1. The number of unbranched alkanes of at least 4 members (excludes halogenated alkanes) is 8. The summed E-state index contributed by atoms with van der Waals surface area (Å²) in [6.45, 7) is 5.26. The number of hydrogen-bond acceptors (Lipinski definition) is 4. The van der Waals surface area contributed by atoms with Crippen molar-refractivity contribution >= 4 is 11.5 Å². The molecule has 0 aliphatic carbocycles. The fourth-order valence-electron chi connectivity index (χ4n) is 2.90. The van der Waals surface area contributed by atoms with Gasteiger partial charge in [-0.25, -0.2) is 4.79 Å². The molecule has 6 heteroatoms. The van der Waals surface area contributed by atoms with Crippen molar-refractivity contribution in [3.05, 3.63) is 20.8 Å². The van der Waals surface area contributed by atoms with Crippen molar-refractivity contribution in [3.8, 4) is 0 Å². The van der Waals surface area contributed by atoms with E-state index in [0.29, 0.717) is 13.1 Å². The molecule has 0 aliphatic heterocycles. The van der Waals surface area contributed by atoms with Crippen molar-refractivity contribution in [3.63, 3.8) is 0 Å². The Bertz CT molecular complexity index is 604. The Hall–Kier alpha value is -1.72. The molecule has 24 heavy (non-hydrogen) atoms. The average molecular weight is 338 g/mol. The van der Waals surface area contributed by atoms with Crippen LogP contribution in [-0.2, 0) is 13.1 Å². The minimum Gasteiger partial charge on any atom is -0.391 e. The number of aromatic nitrogens is 2. The van der Waals surface area contributed by atoms with Crippen LogP contribution in [0.15, 0.2) is 9.59 Å². The lowest BCUT2D eigenvalue weighted by Gasteiger charge is -2.15.